The number of aryl methyl sites for hydroxylation is 2. The van der Waals surface area contributed by atoms with Crippen molar-refractivity contribution in [1.29, 1.82) is 0 Å². The summed E-state index contributed by atoms with van der Waals surface area (Å²) in [5.74, 6) is -0.131. The van der Waals surface area contributed by atoms with Crippen LogP contribution in [0.1, 0.15) is 23.8 Å². The van der Waals surface area contributed by atoms with Gasteiger partial charge in [0.1, 0.15) is 5.69 Å². The summed E-state index contributed by atoms with van der Waals surface area (Å²) < 4.78 is 4.53. The van der Waals surface area contributed by atoms with Crippen molar-refractivity contribution in [3.8, 4) is 0 Å². The molecule has 0 aliphatic heterocycles. The van der Waals surface area contributed by atoms with Gasteiger partial charge in [0, 0.05) is 32.0 Å². The third-order valence-corrected chi connectivity index (χ3v) is 3.06. The second kappa shape index (κ2) is 6.51. The van der Waals surface area contributed by atoms with Crippen LogP contribution in [0.4, 0.5) is 0 Å². The molecule has 0 fully saturated rings. The first-order valence-corrected chi connectivity index (χ1v) is 6.98. The zero-order valence-electron chi connectivity index (χ0n) is 10.7. The summed E-state index contributed by atoms with van der Waals surface area (Å²) >= 11 is 3.34. The first kappa shape index (κ1) is 13.8. The van der Waals surface area contributed by atoms with Crippen LogP contribution in [-0.2, 0) is 13.1 Å². The Balaban J connectivity index is 1.72. The van der Waals surface area contributed by atoms with Gasteiger partial charge in [0.05, 0.1) is 10.7 Å². The minimum absolute atomic E-state index is 0.131. The van der Waals surface area contributed by atoms with E-state index in [-0.39, 0.29) is 5.91 Å². The summed E-state index contributed by atoms with van der Waals surface area (Å²) in [4.78, 5) is 11.8. The highest BCUT2D eigenvalue weighted by Gasteiger charge is 2.07. The number of carbonyl (C=O) groups is 1. The van der Waals surface area contributed by atoms with E-state index >= 15 is 0 Å². The molecule has 2 aromatic rings. The summed E-state index contributed by atoms with van der Waals surface area (Å²) in [5.41, 5.74) is 0.462. The van der Waals surface area contributed by atoms with E-state index in [4.69, 9.17) is 0 Å². The van der Waals surface area contributed by atoms with E-state index < -0.39 is 0 Å². The minimum Gasteiger partial charge on any atom is -0.351 e. The largest absolute Gasteiger partial charge is 0.351 e. The van der Waals surface area contributed by atoms with Gasteiger partial charge >= 0.3 is 0 Å². The van der Waals surface area contributed by atoms with Gasteiger partial charge in [0.15, 0.2) is 0 Å². The lowest BCUT2D eigenvalue weighted by Crippen LogP contribution is -2.25. The third-order valence-electron chi connectivity index (χ3n) is 2.65. The van der Waals surface area contributed by atoms with Crippen LogP contribution in [0.25, 0.3) is 0 Å². The highest BCUT2D eigenvalue weighted by Crippen LogP contribution is 2.06. The van der Waals surface area contributed by atoms with Crippen LogP contribution >= 0.6 is 15.9 Å². The Hall–Kier alpha value is -1.63. The van der Waals surface area contributed by atoms with Gasteiger partial charge in [-0.3, -0.25) is 14.2 Å². The zero-order chi connectivity index (χ0) is 13.7. The standard InChI is InChI=1S/C12H16BrN5O/c1-2-17-7-4-11(16-17)12(19)14-5-3-6-18-9-10(13)8-15-18/h4,7-9H,2-3,5-6H2,1H3,(H,14,19). The first-order chi connectivity index (χ1) is 9.19. The molecule has 0 spiro atoms. The fourth-order valence-corrected chi connectivity index (χ4v) is 1.98. The molecule has 1 amide bonds. The maximum absolute atomic E-state index is 11.8. The van der Waals surface area contributed by atoms with E-state index in [0.29, 0.717) is 12.2 Å². The van der Waals surface area contributed by atoms with Crippen LogP contribution < -0.4 is 5.32 Å². The lowest BCUT2D eigenvalue weighted by atomic mass is 10.3. The van der Waals surface area contributed by atoms with Crippen molar-refractivity contribution < 1.29 is 4.79 Å². The fourth-order valence-electron chi connectivity index (χ4n) is 1.65. The molecule has 2 rings (SSSR count). The Morgan fingerprint density at radius 3 is 2.95 bits per heavy atom. The van der Waals surface area contributed by atoms with Crippen LogP contribution in [-0.4, -0.2) is 32.0 Å². The predicted molar refractivity (Wildman–Crippen MR) is 74.8 cm³/mol. The number of rotatable bonds is 6. The van der Waals surface area contributed by atoms with Gasteiger partial charge in [-0.25, -0.2) is 0 Å². The first-order valence-electron chi connectivity index (χ1n) is 6.18. The van der Waals surface area contributed by atoms with Crippen molar-refractivity contribution in [3.05, 3.63) is 34.8 Å². The SMILES string of the molecule is CCn1ccc(C(=O)NCCCn2cc(Br)cn2)n1. The number of carbonyl (C=O) groups excluding carboxylic acids is 1. The number of nitrogens with zero attached hydrogens (tertiary/aromatic N) is 4. The molecule has 6 nitrogen and oxygen atoms in total. The molecule has 2 heterocycles. The Morgan fingerprint density at radius 1 is 1.47 bits per heavy atom. The number of nitrogens with one attached hydrogen (secondary N) is 1. The Morgan fingerprint density at radius 2 is 2.32 bits per heavy atom. The van der Waals surface area contributed by atoms with E-state index in [1.165, 1.54) is 0 Å². The lowest BCUT2D eigenvalue weighted by molar-refractivity contribution is 0.0947. The molecule has 0 aliphatic carbocycles. The van der Waals surface area contributed by atoms with Crippen LogP contribution in [0.3, 0.4) is 0 Å². The average Bonchev–Trinajstić information content (AvgIpc) is 3.03. The van der Waals surface area contributed by atoms with Crippen molar-refractivity contribution >= 4 is 21.8 Å². The second-order valence-corrected chi connectivity index (χ2v) is 5.00. The number of hydrogen-bond acceptors (Lipinski definition) is 3. The van der Waals surface area contributed by atoms with Crippen molar-refractivity contribution in [2.24, 2.45) is 0 Å². The van der Waals surface area contributed by atoms with Crippen LogP contribution in [0.15, 0.2) is 29.1 Å². The van der Waals surface area contributed by atoms with E-state index in [0.717, 1.165) is 24.0 Å². The van der Waals surface area contributed by atoms with Crippen LogP contribution in [0.2, 0.25) is 0 Å². The van der Waals surface area contributed by atoms with Crippen molar-refractivity contribution in [3.63, 3.8) is 0 Å². The van der Waals surface area contributed by atoms with Gasteiger partial charge < -0.3 is 5.32 Å². The summed E-state index contributed by atoms with van der Waals surface area (Å²) in [6.45, 7) is 4.13. The summed E-state index contributed by atoms with van der Waals surface area (Å²) in [6.07, 6.45) is 6.28. The smallest absolute Gasteiger partial charge is 0.271 e. The van der Waals surface area contributed by atoms with Crippen molar-refractivity contribution in [2.45, 2.75) is 26.4 Å². The molecule has 0 radical (unpaired) electrons. The predicted octanol–water partition coefficient (Wildman–Crippen LogP) is 1.68. The maximum Gasteiger partial charge on any atom is 0.271 e. The van der Waals surface area contributed by atoms with Gasteiger partial charge in [-0.2, -0.15) is 10.2 Å². The lowest BCUT2D eigenvalue weighted by Gasteiger charge is -2.03. The maximum atomic E-state index is 11.8. The van der Waals surface area contributed by atoms with Gasteiger partial charge in [0.25, 0.3) is 5.91 Å². The van der Waals surface area contributed by atoms with Gasteiger partial charge in [-0.15, -0.1) is 0 Å². The van der Waals surface area contributed by atoms with E-state index in [1.807, 2.05) is 17.8 Å². The molecular formula is C12H16BrN5O. The second-order valence-electron chi connectivity index (χ2n) is 4.09. The molecule has 0 saturated heterocycles. The molecule has 19 heavy (non-hydrogen) atoms. The zero-order valence-corrected chi connectivity index (χ0v) is 12.3. The number of halogens is 1. The number of amides is 1. The molecule has 2 aromatic heterocycles. The van der Waals surface area contributed by atoms with E-state index in [9.17, 15) is 4.79 Å². The molecule has 0 aromatic carbocycles. The van der Waals surface area contributed by atoms with Crippen molar-refractivity contribution in [1.82, 2.24) is 24.9 Å². The highest BCUT2D eigenvalue weighted by atomic mass is 79.9. The molecule has 7 heteroatoms. The molecule has 1 N–H and O–H groups in total. The summed E-state index contributed by atoms with van der Waals surface area (Å²) in [6, 6.07) is 1.73. The van der Waals surface area contributed by atoms with Crippen LogP contribution in [0.5, 0.6) is 0 Å². The molecule has 0 saturated carbocycles. The molecule has 0 bridgehead atoms. The Kier molecular flexibility index (Phi) is 4.73. The molecule has 0 atom stereocenters. The van der Waals surface area contributed by atoms with Gasteiger partial charge in [-0.1, -0.05) is 0 Å². The number of hydrogen-bond donors (Lipinski definition) is 1. The molecule has 0 aliphatic rings. The van der Waals surface area contributed by atoms with Gasteiger partial charge in [-0.05, 0) is 35.3 Å². The topological polar surface area (TPSA) is 64.7 Å². The average molecular weight is 326 g/mol. The van der Waals surface area contributed by atoms with E-state index in [2.05, 4.69) is 31.4 Å². The normalized spacial score (nSPS) is 10.6. The number of aromatic nitrogens is 4. The Labute approximate surface area is 119 Å². The highest BCUT2D eigenvalue weighted by molar-refractivity contribution is 9.10. The summed E-state index contributed by atoms with van der Waals surface area (Å²) in [7, 11) is 0. The summed E-state index contributed by atoms with van der Waals surface area (Å²) in [5, 5.41) is 11.1. The quantitative estimate of drug-likeness (QED) is 0.822. The third kappa shape index (κ3) is 3.92. The fraction of sp³-hybridized carbons (Fsp3) is 0.417. The Bertz CT molecular complexity index is 548. The molecule has 0 unspecified atom stereocenters. The van der Waals surface area contributed by atoms with Crippen molar-refractivity contribution in [2.75, 3.05) is 6.54 Å². The monoisotopic (exact) mass is 325 g/mol. The molecule has 102 valence electrons. The molecular weight excluding hydrogens is 310 g/mol. The minimum atomic E-state index is -0.131. The van der Waals surface area contributed by atoms with Crippen LogP contribution in [0, 0.1) is 0 Å². The van der Waals surface area contributed by atoms with Gasteiger partial charge in [0.2, 0.25) is 0 Å². The van der Waals surface area contributed by atoms with E-state index in [1.54, 1.807) is 23.1 Å².